The smallest absolute Gasteiger partial charge is 0.334 e. The standard InChI is InChI=1S/C32H35N5O4/c1-3-17-35-22-30(39)36-28(18-24-13-15-27(38)16-14-24)31(40)34(20-26-11-9-23(2)10-12-26)21-29(36)37(35)32(41)33-19-25-7-5-4-6-8-25/h3-16,28-29,38H,1,17-22H2,2H3,(H,33,41)/t28-,29-/m0/s1. The molecular weight excluding hydrogens is 518 g/mol. The lowest BCUT2D eigenvalue weighted by Gasteiger charge is -2.55. The number of benzene rings is 3. The minimum atomic E-state index is -0.813. The molecule has 0 unspecified atom stereocenters. The molecular formula is C32H35N5O4. The number of carbonyl (C=O) groups is 3. The molecule has 2 saturated heterocycles. The SMILES string of the molecule is C=CCN1CC(=O)N2[C@@H](Cc3ccc(O)cc3)C(=O)N(Cc3ccc(C)cc3)C[C@@H]2N1C(=O)NCc1ccccc1. The molecule has 2 atom stereocenters. The van der Waals surface area contributed by atoms with E-state index in [2.05, 4.69) is 11.9 Å². The van der Waals surface area contributed by atoms with Crippen LogP contribution >= 0.6 is 0 Å². The Hall–Kier alpha value is -4.63. The maximum atomic E-state index is 14.0. The number of hydrogen-bond donors (Lipinski definition) is 2. The van der Waals surface area contributed by atoms with Crippen molar-refractivity contribution in [2.24, 2.45) is 0 Å². The van der Waals surface area contributed by atoms with Crippen molar-refractivity contribution in [1.29, 1.82) is 0 Å². The Morgan fingerprint density at radius 2 is 1.66 bits per heavy atom. The van der Waals surface area contributed by atoms with Crippen LogP contribution in [0.2, 0.25) is 0 Å². The summed E-state index contributed by atoms with van der Waals surface area (Å²) in [7, 11) is 0. The number of hydrazine groups is 1. The van der Waals surface area contributed by atoms with Gasteiger partial charge in [-0.15, -0.1) is 6.58 Å². The van der Waals surface area contributed by atoms with Crippen molar-refractivity contribution >= 4 is 17.8 Å². The molecule has 2 aliphatic rings. The minimum absolute atomic E-state index is 0.0569. The first-order valence-electron chi connectivity index (χ1n) is 13.7. The molecule has 0 spiro atoms. The Balaban J connectivity index is 1.49. The van der Waals surface area contributed by atoms with Crippen LogP contribution in [0.1, 0.15) is 22.3 Å². The van der Waals surface area contributed by atoms with Gasteiger partial charge in [0.15, 0.2) is 0 Å². The number of phenolic OH excluding ortho intramolecular Hbond substituents is 1. The monoisotopic (exact) mass is 553 g/mol. The van der Waals surface area contributed by atoms with Crippen LogP contribution in [0, 0.1) is 6.92 Å². The number of nitrogens with one attached hydrogen (secondary N) is 1. The van der Waals surface area contributed by atoms with Gasteiger partial charge in [-0.3, -0.25) is 9.59 Å². The van der Waals surface area contributed by atoms with Crippen LogP contribution in [0.4, 0.5) is 4.79 Å². The van der Waals surface area contributed by atoms with E-state index >= 15 is 0 Å². The highest BCUT2D eigenvalue weighted by molar-refractivity contribution is 5.91. The highest BCUT2D eigenvalue weighted by Gasteiger charge is 2.51. The number of urea groups is 1. The van der Waals surface area contributed by atoms with E-state index < -0.39 is 12.2 Å². The van der Waals surface area contributed by atoms with E-state index in [1.54, 1.807) is 50.2 Å². The van der Waals surface area contributed by atoms with Gasteiger partial charge in [0.1, 0.15) is 18.0 Å². The van der Waals surface area contributed by atoms with Crippen LogP contribution in [0.5, 0.6) is 5.75 Å². The Morgan fingerprint density at radius 1 is 0.976 bits per heavy atom. The van der Waals surface area contributed by atoms with Gasteiger partial charge in [-0.25, -0.2) is 14.8 Å². The third-order valence-corrected chi connectivity index (χ3v) is 7.52. The summed E-state index contributed by atoms with van der Waals surface area (Å²) in [5.74, 6) is -0.279. The van der Waals surface area contributed by atoms with Crippen LogP contribution in [0.25, 0.3) is 0 Å². The molecule has 3 aromatic rings. The van der Waals surface area contributed by atoms with Crippen molar-refractivity contribution in [3.63, 3.8) is 0 Å². The van der Waals surface area contributed by atoms with E-state index in [1.807, 2.05) is 61.5 Å². The van der Waals surface area contributed by atoms with Gasteiger partial charge in [0.05, 0.1) is 13.1 Å². The molecule has 2 aliphatic heterocycles. The third kappa shape index (κ3) is 6.25. The number of phenols is 1. The van der Waals surface area contributed by atoms with Gasteiger partial charge in [-0.05, 0) is 35.7 Å². The molecule has 41 heavy (non-hydrogen) atoms. The maximum absolute atomic E-state index is 14.0. The molecule has 0 aliphatic carbocycles. The Kier molecular flexibility index (Phi) is 8.35. The first-order chi connectivity index (χ1) is 19.8. The van der Waals surface area contributed by atoms with E-state index in [-0.39, 0.29) is 43.1 Å². The zero-order valence-electron chi connectivity index (χ0n) is 23.1. The van der Waals surface area contributed by atoms with Crippen LogP contribution < -0.4 is 5.32 Å². The molecule has 0 radical (unpaired) electrons. The summed E-state index contributed by atoms with van der Waals surface area (Å²) in [6.07, 6.45) is 1.20. The summed E-state index contributed by atoms with van der Waals surface area (Å²) in [6.45, 7) is 6.91. The number of amides is 4. The summed E-state index contributed by atoms with van der Waals surface area (Å²) < 4.78 is 0. The predicted octanol–water partition coefficient (Wildman–Crippen LogP) is 3.44. The average Bonchev–Trinajstić information content (AvgIpc) is 2.97. The van der Waals surface area contributed by atoms with E-state index in [0.29, 0.717) is 19.6 Å². The largest absolute Gasteiger partial charge is 0.508 e. The van der Waals surface area contributed by atoms with Gasteiger partial charge >= 0.3 is 6.03 Å². The van der Waals surface area contributed by atoms with Crippen LogP contribution in [-0.2, 0) is 29.1 Å². The number of nitrogens with zero attached hydrogens (tertiary/aromatic N) is 4. The van der Waals surface area contributed by atoms with Crippen LogP contribution in [-0.4, -0.2) is 74.6 Å². The fourth-order valence-corrected chi connectivity index (χ4v) is 5.47. The lowest BCUT2D eigenvalue weighted by atomic mass is 9.98. The van der Waals surface area contributed by atoms with Crippen molar-refractivity contribution in [3.8, 4) is 5.75 Å². The third-order valence-electron chi connectivity index (χ3n) is 7.52. The fraction of sp³-hybridized carbons (Fsp3) is 0.281. The predicted molar refractivity (Wildman–Crippen MR) is 155 cm³/mol. The van der Waals surface area contributed by atoms with Gasteiger partial charge < -0.3 is 20.2 Å². The van der Waals surface area contributed by atoms with Gasteiger partial charge in [0, 0.05) is 26.1 Å². The molecule has 212 valence electrons. The lowest BCUT2D eigenvalue weighted by Crippen LogP contribution is -2.76. The van der Waals surface area contributed by atoms with E-state index in [0.717, 1.165) is 22.3 Å². The Bertz CT molecular complexity index is 1390. The van der Waals surface area contributed by atoms with E-state index in [1.165, 1.54) is 0 Å². The molecule has 2 fully saturated rings. The van der Waals surface area contributed by atoms with Crippen molar-refractivity contribution in [1.82, 2.24) is 25.1 Å². The number of aryl methyl sites for hydroxylation is 1. The highest BCUT2D eigenvalue weighted by Crippen LogP contribution is 2.29. The Morgan fingerprint density at radius 3 is 2.34 bits per heavy atom. The van der Waals surface area contributed by atoms with Gasteiger partial charge in [0.25, 0.3) is 0 Å². The number of rotatable bonds is 8. The van der Waals surface area contributed by atoms with Gasteiger partial charge in [0.2, 0.25) is 11.8 Å². The molecule has 9 heteroatoms. The lowest BCUT2D eigenvalue weighted by molar-refractivity contribution is -0.189. The normalized spacial score (nSPS) is 19.2. The molecule has 0 bridgehead atoms. The van der Waals surface area contributed by atoms with E-state index in [4.69, 9.17) is 0 Å². The fourth-order valence-electron chi connectivity index (χ4n) is 5.47. The van der Waals surface area contributed by atoms with Gasteiger partial charge in [-0.2, -0.15) is 0 Å². The van der Waals surface area contributed by atoms with Crippen LogP contribution in [0.3, 0.4) is 0 Å². The topological polar surface area (TPSA) is 96.4 Å². The van der Waals surface area contributed by atoms with Crippen molar-refractivity contribution in [2.45, 2.75) is 38.6 Å². The van der Waals surface area contributed by atoms with Crippen LogP contribution in [0.15, 0.2) is 91.5 Å². The van der Waals surface area contributed by atoms with E-state index in [9.17, 15) is 19.5 Å². The first kappa shape index (κ1) is 27.9. The molecule has 4 amide bonds. The van der Waals surface area contributed by atoms with Crippen molar-refractivity contribution in [3.05, 3.63) is 114 Å². The zero-order valence-corrected chi connectivity index (χ0v) is 23.1. The van der Waals surface area contributed by atoms with Crippen molar-refractivity contribution < 1.29 is 19.5 Å². The molecule has 9 nitrogen and oxygen atoms in total. The molecule has 0 aromatic heterocycles. The van der Waals surface area contributed by atoms with Crippen molar-refractivity contribution in [2.75, 3.05) is 19.6 Å². The first-order valence-corrected chi connectivity index (χ1v) is 13.7. The molecule has 0 saturated carbocycles. The number of piperazine rings is 1. The maximum Gasteiger partial charge on any atom is 0.334 e. The quantitative estimate of drug-likeness (QED) is 0.417. The number of aromatic hydroxyl groups is 1. The summed E-state index contributed by atoms with van der Waals surface area (Å²) in [5, 5.41) is 16.0. The summed E-state index contributed by atoms with van der Waals surface area (Å²) in [4.78, 5) is 44.7. The second-order valence-corrected chi connectivity index (χ2v) is 10.5. The second kappa shape index (κ2) is 12.3. The summed E-state index contributed by atoms with van der Waals surface area (Å²) in [5.41, 5.74) is 3.84. The molecule has 2 heterocycles. The number of hydrogen-bond acceptors (Lipinski definition) is 5. The average molecular weight is 554 g/mol. The summed E-state index contributed by atoms with van der Waals surface area (Å²) in [6, 6.07) is 23.1. The minimum Gasteiger partial charge on any atom is -0.508 e. The number of carbonyl (C=O) groups excluding carboxylic acids is 3. The Labute approximate surface area is 240 Å². The molecule has 3 aromatic carbocycles. The number of fused-ring (bicyclic) bond motifs is 1. The zero-order chi connectivity index (χ0) is 28.9. The molecule has 5 rings (SSSR count). The molecule has 2 N–H and O–H groups in total. The summed E-state index contributed by atoms with van der Waals surface area (Å²) >= 11 is 0. The second-order valence-electron chi connectivity index (χ2n) is 10.5. The highest BCUT2D eigenvalue weighted by atomic mass is 16.3. The van der Waals surface area contributed by atoms with Gasteiger partial charge in [-0.1, -0.05) is 78.4 Å².